The molecule has 0 amide bonds. The van der Waals surface area contributed by atoms with Gasteiger partial charge in [-0.1, -0.05) is 25.1 Å². The van der Waals surface area contributed by atoms with E-state index in [1.54, 1.807) is 0 Å². The fraction of sp³-hybridized carbons (Fsp3) is 0.529. The Bertz CT molecular complexity index is 571. The third-order valence-electron chi connectivity index (χ3n) is 4.41. The maximum atomic E-state index is 6.08. The van der Waals surface area contributed by atoms with Crippen LogP contribution in [0.25, 0.3) is 11.0 Å². The predicted molar refractivity (Wildman–Crippen MR) is 84.8 cm³/mol. The Kier molecular flexibility index (Phi) is 4.51. The average Bonchev–Trinajstić information content (AvgIpc) is 2.77. The van der Waals surface area contributed by atoms with Gasteiger partial charge in [-0.3, -0.25) is 4.90 Å². The highest BCUT2D eigenvalue weighted by Gasteiger charge is 2.24. The first-order valence-corrected chi connectivity index (χ1v) is 7.34. The van der Waals surface area contributed by atoms with Crippen LogP contribution in [0.4, 0.5) is 0 Å². The maximum Gasteiger partial charge on any atom is 0.134 e. The Balaban J connectivity index is 2.36. The van der Waals surface area contributed by atoms with Gasteiger partial charge in [-0.15, -0.1) is 0 Å². The normalized spacial score (nSPS) is 12.5. The van der Waals surface area contributed by atoms with E-state index in [9.17, 15) is 0 Å². The van der Waals surface area contributed by atoms with Crippen LogP contribution in [-0.2, 0) is 13.1 Å². The third kappa shape index (κ3) is 2.89. The number of rotatable bonds is 6. The van der Waals surface area contributed by atoms with Crippen LogP contribution in [0.1, 0.15) is 38.5 Å². The topological polar surface area (TPSA) is 28.4 Å². The van der Waals surface area contributed by atoms with Crippen LogP contribution in [-0.4, -0.2) is 24.5 Å². The van der Waals surface area contributed by atoms with Crippen LogP contribution in [0.3, 0.4) is 0 Å². The average molecular weight is 274 g/mol. The number of benzene rings is 1. The molecular formula is C17H26N2O. The molecule has 0 saturated carbocycles. The summed E-state index contributed by atoms with van der Waals surface area (Å²) < 4.78 is 6.08. The van der Waals surface area contributed by atoms with Crippen LogP contribution in [0.5, 0.6) is 0 Å². The molecule has 0 spiro atoms. The smallest absolute Gasteiger partial charge is 0.134 e. The highest BCUT2D eigenvalue weighted by molar-refractivity contribution is 5.82. The van der Waals surface area contributed by atoms with E-state index >= 15 is 0 Å². The van der Waals surface area contributed by atoms with Gasteiger partial charge in [0.05, 0.1) is 6.54 Å². The van der Waals surface area contributed by atoms with Gasteiger partial charge in [-0.05, 0) is 40.4 Å². The predicted octanol–water partition coefficient (Wildman–Crippen LogP) is 3.77. The molecule has 0 radical (unpaired) electrons. The van der Waals surface area contributed by atoms with Crippen molar-refractivity contribution in [1.29, 1.82) is 0 Å². The van der Waals surface area contributed by atoms with E-state index in [1.165, 1.54) is 10.9 Å². The summed E-state index contributed by atoms with van der Waals surface area (Å²) in [7, 11) is 4.14. The molecule has 2 rings (SSSR count). The van der Waals surface area contributed by atoms with Crippen molar-refractivity contribution in [2.24, 2.45) is 0 Å². The van der Waals surface area contributed by atoms with Crippen LogP contribution in [0.2, 0.25) is 0 Å². The van der Waals surface area contributed by atoms with Crippen molar-refractivity contribution in [3.8, 4) is 0 Å². The lowest BCUT2D eigenvalue weighted by molar-refractivity contribution is 0.133. The molecule has 0 aliphatic heterocycles. The first-order chi connectivity index (χ1) is 9.49. The molecule has 110 valence electrons. The summed E-state index contributed by atoms with van der Waals surface area (Å²) in [6, 6.07) is 8.28. The summed E-state index contributed by atoms with van der Waals surface area (Å²) in [5, 5.41) is 4.47. The Hall–Kier alpha value is -1.32. The molecule has 1 heterocycles. The number of fused-ring (bicyclic) bond motifs is 1. The number of nitrogens with one attached hydrogen (secondary N) is 1. The Labute approximate surface area is 122 Å². The zero-order valence-corrected chi connectivity index (χ0v) is 13.3. The number of furan rings is 1. The van der Waals surface area contributed by atoms with Crippen molar-refractivity contribution >= 4 is 11.0 Å². The van der Waals surface area contributed by atoms with Gasteiger partial charge in [-0.2, -0.15) is 0 Å². The second-order valence-corrected chi connectivity index (χ2v) is 6.05. The van der Waals surface area contributed by atoms with Crippen LogP contribution < -0.4 is 5.32 Å². The summed E-state index contributed by atoms with van der Waals surface area (Å²) >= 11 is 0. The lowest BCUT2D eigenvalue weighted by Crippen LogP contribution is -2.39. The first-order valence-electron chi connectivity index (χ1n) is 7.34. The highest BCUT2D eigenvalue weighted by Crippen LogP contribution is 2.28. The van der Waals surface area contributed by atoms with E-state index in [0.717, 1.165) is 30.9 Å². The van der Waals surface area contributed by atoms with Crippen molar-refractivity contribution in [2.45, 2.75) is 45.8 Å². The largest absolute Gasteiger partial charge is 0.459 e. The molecule has 0 bridgehead atoms. The quantitative estimate of drug-likeness (QED) is 0.869. The molecule has 0 atom stereocenters. The van der Waals surface area contributed by atoms with Crippen molar-refractivity contribution in [1.82, 2.24) is 10.2 Å². The molecule has 0 unspecified atom stereocenters. The molecular weight excluding hydrogens is 248 g/mol. The lowest BCUT2D eigenvalue weighted by atomic mass is 9.99. The fourth-order valence-electron chi connectivity index (χ4n) is 2.35. The Morgan fingerprint density at radius 2 is 1.95 bits per heavy atom. The van der Waals surface area contributed by atoms with Gasteiger partial charge in [0.2, 0.25) is 0 Å². The monoisotopic (exact) mass is 274 g/mol. The van der Waals surface area contributed by atoms with Crippen molar-refractivity contribution < 1.29 is 4.42 Å². The standard InChI is InChI=1S/C17H26N2O/c1-6-17(2,3)19(5)12-16-14(11-18-4)13-9-7-8-10-15(13)20-16/h7-10,18H,6,11-12H2,1-5H3. The molecule has 0 aliphatic rings. The van der Waals surface area contributed by atoms with Gasteiger partial charge in [0.1, 0.15) is 11.3 Å². The SMILES string of the molecule is CCC(C)(C)N(C)Cc1oc2ccccc2c1CNC. The van der Waals surface area contributed by atoms with E-state index in [-0.39, 0.29) is 5.54 Å². The summed E-state index contributed by atoms with van der Waals surface area (Å²) in [6.45, 7) is 8.45. The second-order valence-electron chi connectivity index (χ2n) is 6.05. The molecule has 1 aromatic carbocycles. The highest BCUT2D eigenvalue weighted by atomic mass is 16.3. The van der Waals surface area contributed by atoms with Crippen LogP contribution in [0, 0.1) is 0 Å². The fourth-order valence-corrected chi connectivity index (χ4v) is 2.35. The number of para-hydroxylation sites is 1. The minimum Gasteiger partial charge on any atom is -0.459 e. The summed E-state index contributed by atoms with van der Waals surface area (Å²) in [4.78, 5) is 2.36. The van der Waals surface area contributed by atoms with Gasteiger partial charge in [0.25, 0.3) is 0 Å². The van der Waals surface area contributed by atoms with Gasteiger partial charge < -0.3 is 9.73 Å². The van der Waals surface area contributed by atoms with Gasteiger partial charge >= 0.3 is 0 Å². The number of hydrogen-bond donors (Lipinski definition) is 1. The number of hydrogen-bond acceptors (Lipinski definition) is 3. The van der Waals surface area contributed by atoms with E-state index < -0.39 is 0 Å². The number of nitrogens with zero attached hydrogens (tertiary/aromatic N) is 1. The molecule has 1 N–H and O–H groups in total. The minimum atomic E-state index is 0.176. The molecule has 0 saturated heterocycles. The molecule has 0 aliphatic carbocycles. The third-order valence-corrected chi connectivity index (χ3v) is 4.41. The maximum absolute atomic E-state index is 6.08. The van der Waals surface area contributed by atoms with Crippen molar-refractivity contribution in [2.75, 3.05) is 14.1 Å². The minimum absolute atomic E-state index is 0.176. The van der Waals surface area contributed by atoms with Gasteiger partial charge in [-0.25, -0.2) is 0 Å². The second kappa shape index (κ2) is 5.98. The first kappa shape index (κ1) is 15.1. The van der Waals surface area contributed by atoms with Gasteiger partial charge in [0.15, 0.2) is 0 Å². The lowest BCUT2D eigenvalue weighted by Gasteiger charge is -2.34. The van der Waals surface area contributed by atoms with Crippen molar-refractivity contribution in [3.05, 3.63) is 35.6 Å². The van der Waals surface area contributed by atoms with Crippen LogP contribution in [0.15, 0.2) is 28.7 Å². The van der Waals surface area contributed by atoms with Crippen molar-refractivity contribution in [3.63, 3.8) is 0 Å². The molecule has 2 aromatic rings. The zero-order chi connectivity index (χ0) is 14.8. The van der Waals surface area contributed by atoms with E-state index in [4.69, 9.17) is 4.42 Å². The molecule has 3 heteroatoms. The summed E-state index contributed by atoms with van der Waals surface area (Å²) in [5.41, 5.74) is 2.44. The molecule has 1 aromatic heterocycles. The van der Waals surface area contributed by atoms with E-state index in [0.29, 0.717) is 0 Å². The molecule has 3 nitrogen and oxygen atoms in total. The molecule has 0 fully saturated rings. The van der Waals surface area contributed by atoms with E-state index in [1.807, 2.05) is 19.2 Å². The Morgan fingerprint density at radius 1 is 1.25 bits per heavy atom. The van der Waals surface area contributed by atoms with E-state index in [2.05, 4.69) is 50.2 Å². The summed E-state index contributed by atoms with van der Waals surface area (Å²) in [6.07, 6.45) is 1.12. The van der Waals surface area contributed by atoms with Crippen LogP contribution >= 0.6 is 0 Å². The molecule has 20 heavy (non-hydrogen) atoms. The zero-order valence-electron chi connectivity index (χ0n) is 13.3. The Morgan fingerprint density at radius 3 is 2.60 bits per heavy atom. The summed E-state index contributed by atoms with van der Waals surface area (Å²) in [5.74, 6) is 1.07. The van der Waals surface area contributed by atoms with Gasteiger partial charge in [0, 0.05) is 23.0 Å².